The highest BCUT2D eigenvalue weighted by Gasteiger charge is 2.27. The summed E-state index contributed by atoms with van der Waals surface area (Å²) in [6, 6.07) is 15.2. The molecule has 0 fully saturated rings. The molecule has 0 N–H and O–H groups in total. The van der Waals surface area contributed by atoms with E-state index in [4.69, 9.17) is 11.6 Å². The molecule has 0 radical (unpaired) electrons. The fraction of sp³-hybridized carbons (Fsp3) is 0.263. The number of fused-ring (bicyclic) bond motifs is 1. The fourth-order valence-electron chi connectivity index (χ4n) is 2.79. The first-order chi connectivity index (χ1) is 12.1. The van der Waals surface area contributed by atoms with E-state index in [1.54, 1.807) is 9.80 Å². The Morgan fingerprint density at radius 1 is 1.24 bits per heavy atom. The minimum Gasteiger partial charge on any atom is -0.337 e. The molecule has 0 saturated heterocycles. The lowest BCUT2D eigenvalue weighted by molar-refractivity contribution is -0.131. The van der Waals surface area contributed by atoms with Gasteiger partial charge in [0.2, 0.25) is 11.8 Å². The summed E-state index contributed by atoms with van der Waals surface area (Å²) in [5.41, 5.74) is 1.79. The van der Waals surface area contributed by atoms with E-state index >= 15 is 0 Å². The number of carbonyl (C=O) groups is 2. The summed E-state index contributed by atoms with van der Waals surface area (Å²) in [4.78, 5) is 29.5. The Labute approximate surface area is 156 Å². The van der Waals surface area contributed by atoms with Gasteiger partial charge in [0.1, 0.15) is 6.54 Å². The highest BCUT2D eigenvalue weighted by atomic mass is 35.5. The van der Waals surface area contributed by atoms with Gasteiger partial charge in [-0.2, -0.15) is 0 Å². The van der Waals surface area contributed by atoms with Crippen LogP contribution in [0.2, 0.25) is 5.02 Å². The molecule has 3 rings (SSSR count). The molecule has 0 aliphatic carbocycles. The second kappa shape index (κ2) is 7.93. The van der Waals surface area contributed by atoms with Crippen molar-refractivity contribution in [1.82, 2.24) is 4.90 Å². The lowest BCUT2D eigenvalue weighted by Gasteiger charge is -2.30. The Bertz CT molecular complexity index is 796. The summed E-state index contributed by atoms with van der Waals surface area (Å²) >= 11 is 7.54. The molecule has 4 nitrogen and oxygen atoms in total. The van der Waals surface area contributed by atoms with Crippen LogP contribution in [0.1, 0.15) is 12.5 Å². The van der Waals surface area contributed by atoms with Gasteiger partial charge in [0.05, 0.1) is 11.4 Å². The van der Waals surface area contributed by atoms with Crippen LogP contribution >= 0.6 is 23.4 Å². The summed E-state index contributed by atoms with van der Waals surface area (Å²) in [5.74, 6) is 0.262. The number of carbonyl (C=O) groups excluding carboxylic acids is 2. The third-order valence-electron chi connectivity index (χ3n) is 4.10. The zero-order valence-corrected chi connectivity index (χ0v) is 15.5. The largest absolute Gasteiger partial charge is 0.337 e. The normalized spacial score (nSPS) is 13.5. The second-order valence-corrected chi connectivity index (χ2v) is 7.23. The van der Waals surface area contributed by atoms with E-state index in [1.807, 2.05) is 55.5 Å². The summed E-state index contributed by atoms with van der Waals surface area (Å²) in [6.45, 7) is 3.05. The Morgan fingerprint density at radius 3 is 2.80 bits per heavy atom. The Morgan fingerprint density at radius 2 is 2.04 bits per heavy atom. The van der Waals surface area contributed by atoms with Crippen molar-refractivity contribution in [1.29, 1.82) is 0 Å². The smallest absolute Gasteiger partial charge is 0.242 e. The maximum atomic E-state index is 12.8. The number of anilines is 1. The number of nitrogens with zero attached hydrogens (tertiary/aromatic N) is 2. The molecule has 2 aromatic carbocycles. The molecule has 2 aromatic rings. The van der Waals surface area contributed by atoms with Crippen LogP contribution in [-0.2, 0) is 16.1 Å². The van der Waals surface area contributed by atoms with E-state index in [9.17, 15) is 9.59 Å². The monoisotopic (exact) mass is 374 g/mol. The number of rotatable bonds is 5. The number of thioether (sulfide) groups is 1. The van der Waals surface area contributed by atoms with Crippen LogP contribution in [-0.4, -0.2) is 35.6 Å². The lowest BCUT2D eigenvalue weighted by Crippen LogP contribution is -2.44. The Balaban J connectivity index is 1.75. The molecule has 0 saturated carbocycles. The van der Waals surface area contributed by atoms with Crippen LogP contribution in [0.4, 0.5) is 5.69 Å². The van der Waals surface area contributed by atoms with E-state index in [0.29, 0.717) is 23.9 Å². The predicted octanol–water partition coefficient (Wildman–Crippen LogP) is 3.83. The van der Waals surface area contributed by atoms with E-state index in [1.165, 1.54) is 11.8 Å². The molecule has 0 spiro atoms. The summed E-state index contributed by atoms with van der Waals surface area (Å²) in [7, 11) is 0. The zero-order chi connectivity index (χ0) is 17.8. The summed E-state index contributed by atoms with van der Waals surface area (Å²) in [5, 5.41) is 0.651. The molecule has 0 unspecified atom stereocenters. The van der Waals surface area contributed by atoms with Gasteiger partial charge in [0.25, 0.3) is 0 Å². The van der Waals surface area contributed by atoms with Crippen LogP contribution in [0.5, 0.6) is 0 Å². The molecule has 0 aromatic heterocycles. The zero-order valence-electron chi connectivity index (χ0n) is 13.9. The molecule has 25 heavy (non-hydrogen) atoms. The fourth-order valence-corrected chi connectivity index (χ4v) is 3.94. The van der Waals surface area contributed by atoms with Crippen molar-refractivity contribution >= 4 is 40.9 Å². The molecular formula is C19H19ClN2O2S. The molecule has 1 heterocycles. The van der Waals surface area contributed by atoms with E-state index in [0.717, 1.165) is 16.1 Å². The van der Waals surface area contributed by atoms with E-state index in [-0.39, 0.29) is 18.4 Å². The minimum atomic E-state index is -0.0717. The number of hydrogen-bond donors (Lipinski definition) is 0. The number of hydrogen-bond acceptors (Lipinski definition) is 3. The second-order valence-electron chi connectivity index (χ2n) is 5.77. The van der Waals surface area contributed by atoms with Crippen molar-refractivity contribution in [3.8, 4) is 0 Å². The van der Waals surface area contributed by atoms with Crippen LogP contribution < -0.4 is 4.90 Å². The van der Waals surface area contributed by atoms with Crippen molar-refractivity contribution in [2.75, 3.05) is 23.7 Å². The van der Waals surface area contributed by atoms with E-state index < -0.39 is 0 Å². The van der Waals surface area contributed by atoms with Crippen molar-refractivity contribution in [3.63, 3.8) is 0 Å². The Kier molecular flexibility index (Phi) is 5.66. The molecule has 2 amide bonds. The van der Waals surface area contributed by atoms with Gasteiger partial charge in [-0.3, -0.25) is 9.59 Å². The van der Waals surface area contributed by atoms with Gasteiger partial charge >= 0.3 is 0 Å². The first-order valence-electron chi connectivity index (χ1n) is 8.13. The molecular weight excluding hydrogens is 356 g/mol. The first kappa shape index (κ1) is 17.8. The molecule has 1 aliphatic heterocycles. The highest BCUT2D eigenvalue weighted by Crippen LogP contribution is 2.34. The molecule has 0 atom stereocenters. The number of para-hydroxylation sites is 1. The predicted molar refractivity (Wildman–Crippen MR) is 102 cm³/mol. The van der Waals surface area contributed by atoms with Crippen molar-refractivity contribution in [2.45, 2.75) is 18.4 Å². The average Bonchev–Trinajstić information content (AvgIpc) is 2.62. The Hall–Kier alpha value is -1.98. The van der Waals surface area contributed by atoms with E-state index in [2.05, 4.69) is 0 Å². The third-order valence-corrected chi connectivity index (χ3v) is 5.38. The van der Waals surface area contributed by atoms with Gasteiger partial charge in [-0.05, 0) is 36.8 Å². The van der Waals surface area contributed by atoms with Crippen molar-refractivity contribution in [3.05, 3.63) is 59.1 Å². The topological polar surface area (TPSA) is 40.6 Å². The SMILES string of the molecule is CCN(Cc1cccc(Cl)c1)C(=O)CN1C(=O)CSc2ccccc21. The van der Waals surface area contributed by atoms with Gasteiger partial charge in [0.15, 0.2) is 0 Å². The van der Waals surface area contributed by atoms with Gasteiger partial charge in [-0.25, -0.2) is 0 Å². The number of halogens is 1. The first-order valence-corrected chi connectivity index (χ1v) is 9.49. The van der Waals surface area contributed by atoms with Crippen LogP contribution in [0.15, 0.2) is 53.4 Å². The maximum absolute atomic E-state index is 12.8. The quantitative estimate of drug-likeness (QED) is 0.798. The van der Waals surface area contributed by atoms with Crippen molar-refractivity contribution < 1.29 is 9.59 Å². The number of amides is 2. The van der Waals surface area contributed by atoms with Gasteiger partial charge < -0.3 is 9.80 Å². The van der Waals surface area contributed by atoms with Gasteiger partial charge in [-0.1, -0.05) is 35.9 Å². The minimum absolute atomic E-state index is 0.0316. The molecule has 130 valence electrons. The maximum Gasteiger partial charge on any atom is 0.242 e. The van der Waals surface area contributed by atoms with Crippen LogP contribution in [0.25, 0.3) is 0 Å². The standard InChI is InChI=1S/C19H19ClN2O2S/c1-2-21(11-14-6-5-7-15(20)10-14)18(23)12-22-16-8-3-4-9-17(16)25-13-19(22)24/h3-10H,2,11-13H2,1H3. The average molecular weight is 375 g/mol. The van der Waals surface area contributed by atoms with Gasteiger partial charge in [0, 0.05) is 23.0 Å². The van der Waals surface area contributed by atoms with Gasteiger partial charge in [-0.15, -0.1) is 11.8 Å². The van der Waals surface area contributed by atoms with Crippen molar-refractivity contribution in [2.24, 2.45) is 0 Å². The van der Waals surface area contributed by atoms with Crippen LogP contribution in [0, 0.1) is 0 Å². The summed E-state index contributed by atoms with van der Waals surface area (Å²) in [6.07, 6.45) is 0. The third kappa shape index (κ3) is 4.17. The highest BCUT2D eigenvalue weighted by molar-refractivity contribution is 8.00. The number of benzene rings is 2. The van der Waals surface area contributed by atoms with Crippen LogP contribution in [0.3, 0.4) is 0 Å². The summed E-state index contributed by atoms with van der Waals surface area (Å²) < 4.78 is 0. The number of likely N-dealkylation sites (N-methyl/N-ethyl adjacent to an activating group) is 1. The molecule has 6 heteroatoms. The molecule has 1 aliphatic rings. The lowest BCUT2D eigenvalue weighted by atomic mass is 10.2. The molecule has 0 bridgehead atoms.